The molecular formula is C2H7Cl2NO3S. The van der Waals surface area contributed by atoms with Gasteiger partial charge in [0.05, 0.1) is 6.61 Å². The van der Waals surface area contributed by atoms with E-state index in [1.807, 2.05) is 0 Å². The van der Waals surface area contributed by atoms with Crippen LogP contribution in [0.25, 0.3) is 0 Å². The zero-order valence-corrected chi connectivity index (χ0v) is 6.80. The first-order valence-corrected chi connectivity index (χ1v) is 3.80. The van der Waals surface area contributed by atoms with Gasteiger partial charge in [-0.15, -0.1) is 24.0 Å². The van der Waals surface area contributed by atoms with Crippen LogP contribution < -0.4 is 5.14 Å². The summed E-state index contributed by atoms with van der Waals surface area (Å²) in [7, 11) is -3.77. The monoisotopic (exact) mass is 195 g/mol. The predicted octanol–water partition coefficient (Wildman–Crippen LogP) is -0.133. The quantitative estimate of drug-likeness (QED) is 0.639. The smallest absolute Gasteiger partial charge is 0.257 e. The molecule has 0 rings (SSSR count). The van der Waals surface area contributed by atoms with E-state index < -0.39 is 10.3 Å². The highest BCUT2D eigenvalue weighted by Crippen LogP contribution is 1.82. The summed E-state index contributed by atoms with van der Waals surface area (Å²) in [6.45, 7) is -0.0691. The molecule has 0 unspecified atom stereocenters. The molecule has 0 saturated carbocycles. The third-order valence-corrected chi connectivity index (χ3v) is 0.974. The summed E-state index contributed by atoms with van der Waals surface area (Å²) in [5.74, 6) is 0.121. The molecule has 9 heavy (non-hydrogen) atoms. The van der Waals surface area contributed by atoms with E-state index in [1.165, 1.54) is 0 Å². The molecule has 0 amide bonds. The number of nitrogens with two attached hydrogens (primary N) is 1. The standard InChI is InChI=1S/C2H6ClNO3S.ClH/c3-1-2-7-8(4,5)6;/h1-2H2,(H2,4,5,6);1H. The number of rotatable bonds is 3. The van der Waals surface area contributed by atoms with Crippen molar-refractivity contribution in [3.05, 3.63) is 0 Å². The second-order valence-electron chi connectivity index (χ2n) is 1.00. The molecule has 0 bridgehead atoms. The van der Waals surface area contributed by atoms with Crippen molar-refractivity contribution in [3.63, 3.8) is 0 Å². The lowest BCUT2D eigenvalue weighted by Crippen LogP contribution is -2.16. The van der Waals surface area contributed by atoms with Gasteiger partial charge in [-0.3, -0.25) is 4.18 Å². The molecule has 7 heteroatoms. The van der Waals surface area contributed by atoms with Crippen LogP contribution in [-0.2, 0) is 14.5 Å². The normalized spacial score (nSPS) is 10.4. The molecule has 0 aliphatic rings. The first-order chi connectivity index (χ1) is 3.56. The van der Waals surface area contributed by atoms with Gasteiger partial charge in [0.15, 0.2) is 0 Å². The molecule has 0 aliphatic heterocycles. The number of hydrogen-bond donors (Lipinski definition) is 1. The van der Waals surface area contributed by atoms with E-state index in [0.29, 0.717) is 0 Å². The van der Waals surface area contributed by atoms with E-state index in [9.17, 15) is 8.42 Å². The van der Waals surface area contributed by atoms with Gasteiger partial charge in [0.25, 0.3) is 0 Å². The van der Waals surface area contributed by atoms with Crippen molar-refractivity contribution in [2.45, 2.75) is 0 Å². The third-order valence-electron chi connectivity index (χ3n) is 0.325. The molecule has 0 saturated heterocycles. The Morgan fingerprint density at radius 3 is 2.11 bits per heavy atom. The van der Waals surface area contributed by atoms with E-state index in [4.69, 9.17) is 11.6 Å². The van der Waals surface area contributed by atoms with Gasteiger partial charge in [0.2, 0.25) is 0 Å². The molecule has 0 heterocycles. The molecule has 0 spiro atoms. The molecule has 0 aliphatic carbocycles. The first-order valence-electron chi connectivity index (χ1n) is 1.79. The van der Waals surface area contributed by atoms with Crippen molar-refractivity contribution < 1.29 is 12.6 Å². The Morgan fingerprint density at radius 2 is 2.00 bits per heavy atom. The number of halogens is 2. The second kappa shape index (κ2) is 5.25. The molecule has 0 aromatic rings. The van der Waals surface area contributed by atoms with Crippen LogP contribution in [0.1, 0.15) is 0 Å². The Morgan fingerprint density at radius 1 is 1.56 bits per heavy atom. The Bertz CT molecular complexity index is 144. The summed E-state index contributed by atoms with van der Waals surface area (Å²) in [6.07, 6.45) is 0. The Hall–Kier alpha value is 0.450. The fraction of sp³-hybridized carbons (Fsp3) is 1.00. The summed E-state index contributed by atoms with van der Waals surface area (Å²) >= 11 is 5.06. The van der Waals surface area contributed by atoms with Gasteiger partial charge < -0.3 is 0 Å². The molecule has 0 radical (unpaired) electrons. The second-order valence-corrected chi connectivity index (χ2v) is 2.60. The highest BCUT2D eigenvalue weighted by atomic mass is 35.5. The lowest BCUT2D eigenvalue weighted by Gasteiger charge is -1.93. The van der Waals surface area contributed by atoms with Gasteiger partial charge in [-0.2, -0.15) is 8.42 Å². The maximum absolute atomic E-state index is 9.89. The minimum absolute atomic E-state index is 0. The first kappa shape index (κ1) is 12.2. The zero-order chi connectivity index (χ0) is 6.62. The van der Waals surface area contributed by atoms with Crippen molar-refractivity contribution in [1.82, 2.24) is 0 Å². The van der Waals surface area contributed by atoms with Crippen molar-refractivity contribution >= 4 is 34.3 Å². The van der Waals surface area contributed by atoms with Gasteiger partial charge in [-0.25, -0.2) is 5.14 Å². The SMILES string of the molecule is Cl.NS(=O)(=O)OCCCl. The molecule has 4 nitrogen and oxygen atoms in total. The summed E-state index contributed by atoms with van der Waals surface area (Å²) in [6, 6.07) is 0. The van der Waals surface area contributed by atoms with Crippen molar-refractivity contribution in [2.75, 3.05) is 12.5 Å². The van der Waals surface area contributed by atoms with Crippen molar-refractivity contribution in [1.29, 1.82) is 0 Å². The van der Waals surface area contributed by atoms with Crippen molar-refractivity contribution in [3.8, 4) is 0 Å². The Balaban J connectivity index is 0. The van der Waals surface area contributed by atoms with Gasteiger partial charge in [-0.1, -0.05) is 0 Å². The predicted molar refractivity (Wildman–Crippen MR) is 37.0 cm³/mol. The fourth-order valence-corrected chi connectivity index (χ4v) is 0.632. The van der Waals surface area contributed by atoms with Crippen LogP contribution >= 0.6 is 24.0 Å². The van der Waals surface area contributed by atoms with E-state index in [2.05, 4.69) is 9.32 Å². The molecule has 2 N–H and O–H groups in total. The Kier molecular flexibility index (Phi) is 7.09. The summed E-state index contributed by atoms with van der Waals surface area (Å²) in [5, 5.41) is 4.41. The van der Waals surface area contributed by atoms with Crippen LogP contribution in [0.5, 0.6) is 0 Å². The van der Waals surface area contributed by atoms with Gasteiger partial charge in [0.1, 0.15) is 0 Å². The minimum Gasteiger partial charge on any atom is -0.257 e. The van der Waals surface area contributed by atoms with Crippen LogP contribution in [0, 0.1) is 0 Å². The largest absolute Gasteiger partial charge is 0.333 e. The molecular weight excluding hydrogens is 189 g/mol. The average Bonchev–Trinajstić information content (AvgIpc) is 1.59. The molecule has 0 aromatic heterocycles. The average molecular weight is 196 g/mol. The van der Waals surface area contributed by atoms with Gasteiger partial charge in [-0.05, 0) is 0 Å². The highest BCUT2D eigenvalue weighted by Gasteiger charge is 1.98. The van der Waals surface area contributed by atoms with E-state index in [1.54, 1.807) is 0 Å². The Labute approximate surface area is 65.0 Å². The van der Waals surface area contributed by atoms with E-state index >= 15 is 0 Å². The van der Waals surface area contributed by atoms with Crippen LogP contribution in [0.3, 0.4) is 0 Å². The molecule has 0 fully saturated rings. The van der Waals surface area contributed by atoms with Crippen LogP contribution in [-0.4, -0.2) is 20.9 Å². The molecule has 58 valence electrons. The minimum atomic E-state index is -3.77. The number of hydrogen-bond acceptors (Lipinski definition) is 3. The maximum atomic E-state index is 9.89. The maximum Gasteiger partial charge on any atom is 0.333 e. The van der Waals surface area contributed by atoms with Crippen LogP contribution in [0.4, 0.5) is 0 Å². The van der Waals surface area contributed by atoms with Crippen LogP contribution in [0.15, 0.2) is 0 Å². The lowest BCUT2D eigenvalue weighted by molar-refractivity contribution is 0.341. The lowest BCUT2D eigenvalue weighted by atomic mass is 10.9. The topological polar surface area (TPSA) is 69.4 Å². The van der Waals surface area contributed by atoms with E-state index in [-0.39, 0.29) is 24.9 Å². The highest BCUT2D eigenvalue weighted by molar-refractivity contribution is 7.84. The summed E-state index contributed by atoms with van der Waals surface area (Å²) in [5.41, 5.74) is 0. The number of alkyl halides is 1. The summed E-state index contributed by atoms with van der Waals surface area (Å²) < 4.78 is 23.8. The van der Waals surface area contributed by atoms with Gasteiger partial charge in [0, 0.05) is 5.88 Å². The van der Waals surface area contributed by atoms with Gasteiger partial charge >= 0.3 is 10.3 Å². The summed E-state index contributed by atoms with van der Waals surface area (Å²) in [4.78, 5) is 0. The fourth-order valence-electron chi connectivity index (χ4n) is 0.148. The zero-order valence-electron chi connectivity index (χ0n) is 4.41. The third kappa shape index (κ3) is 11.8. The van der Waals surface area contributed by atoms with Crippen molar-refractivity contribution in [2.24, 2.45) is 5.14 Å². The molecule has 0 aromatic carbocycles. The molecule has 0 atom stereocenters. The van der Waals surface area contributed by atoms with Crippen LogP contribution in [0.2, 0.25) is 0 Å². The van der Waals surface area contributed by atoms with E-state index in [0.717, 1.165) is 0 Å².